The monoisotopic (exact) mass is 234 g/mol. The number of hydrogen-bond acceptors (Lipinski definition) is 4. The van der Waals surface area contributed by atoms with Gasteiger partial charge >= 0.3 is 6.18 Å². The van der Waals surface area contributed by atoms with Crippen molar-refractivity contribution in [2.45, 2.75) is 6.18 Å². The van der Waals surface area contributed by atoms with Crippen LogP contribution in [-0.2, 0) is 9.53 Å². The highest BCUT2D eigenvalue weighted by molar-refractivity contribution is 6.02. The van der Waals surface area contributed by atoms with Crippen molar-refractivity contribution >= 4 is 5.78 Å². The molecule has 1 fully saturated rings. The molecular formula is C9H9F3N2O2. The topological polar surface area (TPSA) is 53.3 Å². The normalized spacial score (nSPS) is 18.1. The molecule has 0 spiro atoms. The number of ketones is 1. The van der Waals surface area contributed by atoms with Crippen molar-refractivity contribution in [1.29, 1.82) is 5.26 Å². The molecule has 1 aliphatic rings. The van der Waals surface area contributed by atoms with Crippen LogP contribution in [0, 0.1) is 11.3 Å². The van der Waals surface area contributed by atoms with Gasteiger partial charge in [-0.25, -0.2) is 0 Å². The van der Waals surface area contributed by atoms with Gasteiger partial charge in [0.05, 0.1) is 13.2 Å². The van der Waals surface area contributed by atoms with E-state index < -0.39 is 17.5 Å². The number of nitriles is 1. The predicted octanol–water partition coefficient (Wildman–Crippen LogP) is 0.857. The largest absolute Gasteiger partial charge is 0.455 e. The SMILES string of the molecule is N#CC(=CN1CCOCC1)C(=O)C(F)(F)F. The minimum Gasteiger partial charge on any atom is -0.378 e. The van der Waals surface area contributed by atoms with E-state index in [4.69, 9.17) is 10.00 Å². The molecule has 1 heterocycles. The molecule has 0 aromatic carbocycles. The molecule has 0 N–H and O–H groups in total. The van der Waals surface area contributed by atoms with Gasteiger partial charge in [0.1, 0.15) is 11.6 Å². The molecule has 16 heavy (non-hydrogen) atoms. The molecule has 0 amide bonds. The lowest BCUT2D eigenvalue weighted by molar-refractivity contribution is -0.166. The lowest BCUT2D eigenvalue weighted by Gasteiger charge is -2.25. The second-order valence-corrected chi connectivity index (χ2v) is 3.13. The smallest absolute Gasteiger partial charge is 0.378 e. The Labute approximate surface area is 89.9 Å². The summed E-state index contributed by atoms with van der Waals surface area (Å²) in [5, 5.41) is 8.49. The number of morpholine rings is 1. The second-order valence-electron chi connectivity index (χ2n) is 3.13. The molecule has 0 aromatic heterocycles. The third kappa shape index (κ3) is 3.24. The molecule has 1 aliphatic heterocycles. The van der Waals surface area contributed by atoms with Crippen molar-refractivity contribution in [3.8, 4) is 6.07 Å². The number of carbonyl (C=O) groups is 1. The van der Waals surface area contributed by atoms with E-state index in [1.807, 2.05) is 0 Å². The summed E-state index contributed by atoms with van der Waals surface area (Å²) in [5.41, 5.74) is -0.894. The first-order chi connectivity index (χ1) is 7.45. The Morgan fingerprint density at radius 1 is 1.38 bits per heavy atom. The first-order valence-electron chi connectivity index (χ1n) is 4.50. The van der Waals surface area contributed by atoms with E-state index in [1.165, 1.54) is 11.0 Å². The lowest BCUT2D eigenvalue weighted by atomic mass is 10.2. The fourth-order valence-corrected chi connectivity index (χ4v) is 1.18. The van der Waals surface area contributed by atoms with Crippen molar-refractivity contribution in [1.82, 2.24) is 4.90 Å². The van der Waals surface area contributed by atoms with Crippen LogP contribution in [0.3, 0.4) is 0 Å². The average molecular weight is 234 g/mol. The van der Waals surface area contributed by atoms with Crippen LogP contribution in [0.5, 0.6) is 0 Å². The van der Waals surface area contributed by atoms with Crippen molar-refractivity contribution in [3.05, 3.63) is 11.8 Å². The number of halogens is 3. The molecule has 0 atom stereocenters. The maximum absolute atomic E-state index is 12.1. The predicted molar refractivity (Wildman–Crippen MR) is 47.2 cm³/mol. The molecule has 0 radical (unpaired) electrons. The van der Waals surface area contributed by atoms with E-state index in [-0.39, 0.29) is 0 Å². The van der Waals surface area contributed by atoms with E-state index in [0.29, 0.717) is 26.3 Å². The van der Waals surface area contributed by atoms with E-state index in [9.17, 15) is 18.0 Å². The van der Waals surface area contributed by atoms with Gasteiger partial charge in [-0.05, 0) is 0 Å². The number of ether oxygens (including phenoxy) is 1. The van der Waals surface area contributed by atoms with Gasteiger partial charge in [0.15, 0.2) is 0 Å². The second kappa shape index (κ2) is 4.99. The van der Waals surface area contributed by atoms with Crippen molar-refractivity contribution in [2.24, 2.45) is 0 Å². The first kappa shape index (κ1) is 12.5. The summed E-state index contributed by atoms with van der Waals surface area (Å²) >= 11 is 0. The molecule has 7 heteroatoms. The summed E-state index contributed by atoms with van der Waals surface area (Å²) in [5.74, 6) is -2.11. The Morgan fingerprint density at radius 2 is 1.94 bits per heavy atom. The van der Waals surface area contributed by atoms with Gasteiger partial charge in [0.2, 0.25) is 0 Å². The Hall–Kier alpha value is -1.55. The number of carbonyl (C=O) groups excluding carboxylic acids is 1. The molecule has 0 saturated carbocycles. The molecule has 0 unspecified atom stereocenters. The molecule has 4 nitrogen and oxygen atoms in total. The van der Waals surface area contributed by atoms with Crippen LogP contribution in [0.2, 0.25) is 0 Å². The molecule has 88 valence electrons. The minimum absolute atomic E-state index is 0.370. The van der Waals surface area contributed by atoms with Gasteiger partial charge in [-0.1, -0.05) is 0 Å². The Kier molecular flexibility index (Phi) is 3.90. The molecule has 1 rings (SSSR count). The first-order valence-corrected chi connectivity index (χ1v) is 4.50. The average Bonchev–Trinajstić information content (AvgIpc) is 2.25. The summed E-state index contributed by atoms with van der Waals surface area (Å²) in [6, 6.07) is 1.26. The third-order valence-corrected chi connectivity index (χ3v) is 1.98. The van der Waals surface area contributed by atoms with E-state index in [1.54, 1.807) is 0 Å². The van der Waals surface area contributed by atoms with Gasteiger partial charge in [0, 0.05) is 19.3 Å². The van der Waals surface area contributed by atoms with Crippen molar-refractivity contribution < 1.29 is 22.7 Å². The summed E-state index contributed by atoms with van der Waals surface area (Å²) in [4.78, 5) is 12.3. The maximum Gasteiger partial charge on any atom is 0.455 e. The number of rotatable bonds is 2. The fraction of sp³-hybridized carbons (Fsp3) is 0.556. The highest BCUT2D eigenvalue weighted by atomic mass is 19.4. The van der Waals surface area contributed by atoms with Gasteiger partial charge in [-0.2, -0.15) is 18.4 Å². The third-order valence-electron chi connectivity index (χ3n) is 1.98. The van der Waals surface area contributed by atoms with Crippen LogP contribution in [0.1, 0.15) is 0 Å². The minimum atomic E-state index is -5.01. The Balaban J connectivity index is 2.77. The number of alkyl halides is 3. The summed E-state index contributed by atoms with van der Waals surface area (Å²) < 4.78 is 41.1. The molecule has 1 saturated heterocycles. The molecule has 0 aromatic rings. The van der Waals surface area contributed by atoms with Crippen LogP contribution in [0.25, 0.3) is 0 Å². The van der Waals surface area contributed by atoms with Crippen LogP contribution >= 0.6 is 0 Å². The van der Waals surface area contributed by atoms with E-state index in [0.717, 1.165) is 6.20 Å². The molecule has 0 bridgehead atoms. The number of Topliss-reactive ketones (excluding diaryl/α,β-unsaturated/α-hetero) is 1. The van der Waals surface area contributed by atoms with Crippen molar-refractivity contribution in [2.75, 3.05) is 26.3 Å². The van der Waals surface area contributed by atoms with Gasteiger partial charge in [-0.3, -0.25) is 4.79 Å². The van der Waals surface area contributed by atoms with Crippen molar-refractivity contribution in [3.63, 3.8) is 0 Å². The van der Waals surface area contributed by atoms with Crippen LogP contribution < -0.4 is 0 Å². The fourth-order valence-electron chi connectivity index (χ4n) is 1.18. The molecular weight excluding hydrogens is 225 g/mol. The van der Waals surface area contributed by atoms with Crippen LogP contribution in [0.15, 0.2) is 11.8 Å². The van der Waals surface area contributed by atoms with E-state index >= 15 is 0 Å². The Morgan fingerprint density at radius 3 is 2.38 bits per heavy atom. The highest BCUT2D eigenvalue weighted by Crippen LogP contribution is 2.20. The van der Waals surface area contributed by atoms with Gasteiger partial charge in [-0.15, -0.1) is 0 Å². The quantitative estimate of drug-likeness (QED) is 0.525. The highest BCUT2D eigenvalue weighted by Gasteiger charge is 2.41. The maximum atomic E-state index is 12.1. The van der Waals surface area contributed by atoms with Gasteiger partial charge < -0.3 is 9.64 Å². The van der Waals surface area contributed by atoms with Gasteiger partial charge in [0.25, 0.3) is 5.78 Å². The summed E-state index contributed by atoms with van der Waals surface area (Å²) in [6.07, 6.45) is -4.06. The van der Waals surface area contributed by atoms with Crippen LogP contribution in [0.4, 0.5) is 13.2 Å². The summed E-state index contributed by atoms with van der Waals surface area (Å²) in [7, 11) is 0. The van der Waals surface area contributed by atoms with Crippen LogP contribution in [-0.4, -0.2) is 43.2 Å². The number of allylic oxidation sites excluding steroid dienone is 1. The number of nitrogens with zero attached hydrogens (tertiary/aromatic N) is 2. The zero-order valence-electron chi connectivity index (χ0n) is 8.25. The molecule has 0 aliphatic carbocycles. The standard InChI is InChI=1S/C9H9F3N2O2/c10-9(11,12)8(15)7(5-13)6-14-1-3-16-4-2-14/h6H,1-4H2. The van der Waals surface area contributed by atoms with E-state index in [2.05, 4.69) is 0 Å². The summed E-state index contributed by atoms with van der Waals surface area (Å²) in [6.45, 7) is 1.48. The lowest BCUT2D eigenvalue weighted by Crippen LogP contribution is -2.34. The zero-order chi connectivity index (χ0) is 12.2. The number of hydrogen-bond donors (Lipinski definition) is 0. The Bertz CT molecular complexity index is 338. The zero-order valence-corrected chi connectivity index (χ0v) is 8.25.